The molecule has 0 aliphatic heterocycles. The lowest BCUT2D eigenvalue weighted by atomic mass is 10.1. The van der Waals surface area contributed by atoms with Crippen LogP contribution in [0.1, 0.15) is 43.1 Å². The summed E-state index contributed by atoms with van der Waals surface area (Å²) in [5.41, 5.74) is 0.100. The monoisotopic (exact) mass is 289 g/mol. The van der Waals surface area contributed by atoms with Crippen molar-refractivity contribution in [1.29, 1.82) is 0 Å². The minimum atomic E-state index is -1.01. The fourth-order valence-electron chi connectivity index (χ4n) is 1.48. The second-order valence-corrected chi connectivity index (χ2v) is 5.33. The highest BCUT2D eigenvalue weighted by molar-refractivity contribution is 5.90. The molecule has 0 spiro atoms. The molecule has 112 valence electrons. The lowest BCUT2D eigenvalue weighted by Gasteiger charge is -2.19. The lowest BCUT2D eigenvalue weighted by Crippen LogP contribution is -2.32. The average molecular weight is 289 g/mol. The maximum atomic E-state index is 11.4. The molecule has 21 heavy (non-hydrogen) atoms. The van der Waals surface area contributed by atoms with Gasteiger partial charge in [-0.15, -0.1) is 0 Å². The number of hydrogen-bond donors (Lipinski definition) is 2. The minimum absolute atomic E-state index is 0.171. The summed E-state index contributed by atoms with van der Waals surface area (Å²) in [6, 6.07) is 6.54. The fraction of sp³-hybridized carbons (Fsp3) is 0.375. The molecule has 1 aromatic rings. The summed E-state index contributed by atoms with van der Waals surface area (Å²) in [5.74, 6) is 4.62. The SMILES string of the molecule is CC(C)(C)OC(=O)NCCC#Cc1ccccc1C(=O)O. The summed E-state index contributed by atoms with van der Waals surface area (Å²) < 4.78 is 5.08. The Morgan fingerprint density at radius 1 is 1.29 bits per heavy atom. The molecule has 1 amide bonds. The van der Waals surface area contributed by atoms with Gasteiger partial charge in [-0.25, -0.2) is 9.59 Å². The van der Waals surface area contributed by atoms with Gasteiger partial charge in [-0.2, -0.15) is 0 Å². The van der Waals surface area contributed by atoms with Crippen molar-refractivity contribution in [3.63, 3.8) is 0 Å². The molecule has 0 atom stereocenters. The van der Waals surface area contributed by atoms with Crippen molar-refractivity contribution in [3.05, 3.63) is 35.4 Å². The number of carboxylic acids is 1. The molecule has 0 aliphatic rings. The smallest absolute Gasteiger partial charge is 0.407 e. The van der Waals surface area contributed by atoms with Gasteiger partial charge in [-0.1, -0.05) is 24.0 Å². The number of carbonyl (C=O) groups is 2. The van der Waals surface area contributed by atoms with Crippen molar-refractivity contribution in [2.75, 3.05) is 6.54 Å². The van der Waals surface area contributed by atoms with Crippen molar-refractivity contribution >= 4 is 12.1 Å². The highest BCUT2D eigenvalue weighted by atomic mass is 16.6. The first kappa shape index (κ1) is 16.6. The standard InChI is InChI=1S/C16H19NO4/c1-16(2,3)21-15(20)17-11-7-6-9-12-8-4-5-10-13(12)14(18)19/h4-5,8,10H,7,11H2,1-3H3,(H,17,20)(H,18,19). The quantitative estimate of drug-likeness (QED) is 0.662. The van der Waals surface area contributed by atoms with Crippen LogP contribution in [-0.2, 0) is 4.74 Å². The molecule has 5 heteroatoms. The van der Waals surface area contributed by atoms with E-state index in [0.717, 1.165) is 0 Å². The highest BCUT2D eigenvalue weighted by Gasteiger charge is 2.15. The van der Waals surface area contributed by atoms with E-state index >= 15 is 0 Å². The lowest BCUT2D eigenvalue weighted by molar-refractivity contribution is 0.0528. The first-order valence-corrected chi connectivity index (χ1v) is 6.57. The van der Waals surface area contributed by atoms with E-state index < -0.39 is 17.7 Å². The zero-order valence-electron chi connectivity index (χ0n) is 12.4. The Bertz CT molecular complexity index is 576. The van der Waals surface area contributed by atoms with E-state index in [1.165, 1.54) is 6.07 Å². The molecule has 0 radical (unpaired) electrons. The largest absolute Gasteiger partial charge is 0.478 e. The Balaban J connectivity index is 2.48. The molecule has 0 saturated heterocycles. The van der Waals surface area contributed by atoms with Crippen LogP contribution in [0.15, 0.2) is 24.3 Å². The van der Waals surface area contributed by atoms with E-state index in [-0.39, 0.29) is 5.56 Å². The van der Waals surface area contributed by atoms with Gasteiger partial charge in [-0.05, 0) is 32.9 Å². The Kier molecular flexibility index (Phi) is 5.79. The highest BCUT2D eigenvalue weighted by Crippen LogP contribution is 2.07. The molecule has 0 fully saturated rings. The molecule has 0 aromatic heterocycles. The number of rotatable bonds is 3. The van der Waals surface area contributed by atoms with Crippen LogP contribution in [0.2, 0.25) is 0 Å². The summed E-state index contributed by atoms with van der Waals surface area (Å²) in [5, 5.41) is 11.6. The number of amides is 1. The zero-order chi connectivity index (χ0) is 15.9. The molecule has 1 rings (SSSR count). The first-order valence-electron chi connectivity index (χ1n) is 6.57. The van der Waals surface area contributed by atoms with Crippen LogP contribution >= 0.6 is 0 Å². The molecular formula is C16H19NO4. The summed E-state index contributed by atoms with van der Waals surface area (Å²) in [7, 11) is 0. The number of aromatic carboxylic acids is 1. The van der Waals surface area contributed by atoms with E-state index in [1.807, 2.05) is 0 Å². The predicted molar refractivity (Wildman–Crippen MR) is 79.1 cm³/mol. The molecule has 0 aliphatic carbocycles. The third-order valence-corrected chi connectivity index (χ3v) is 2.30. The van der Waals surface area contributed by atoms with Gasteiger partial charge in [0.1, 0.15) is 5.60 Å². The molecular weight excluding hydrogens is 270 g/mol. The molecule has 0 unspecified atom stereocenters. The summed E-state index contributed by atoms with van der Waals surface area (Å²) in [4.78, 5) is 22.4. The topological polar surface area (TPSA) is 75.6 Å². The molecule has 0 heterocycles. The summed E-state index contributed by atoms with van der Waals surface area (Å²) >= 11 is 0. The van der Waals surface area contributed by atoms with Gasteiger partial charge in [0, 0.05) is 18.5 Å². The van der Waals surface area contributed by atoms with Crippen LogP contribution in [0, 0.1) is 11.8 Å². The van der Waals surface area contributed by atoms with Gasteiger partial charge < -0.3 is 15.2 Å². The minimum Gasteiger partial charge on any atom is -0.478 e. The third kappa shape index (κ3) is 6.48. The Hall–Kier alpha value is -2.48. The zero-order valence-corrected chi connectivity index (χ0v) is 12.4. The number of alkyl carbamates (subject to hydrolysis) is 1. The van der Waals surface area contributed by atoms with Gasteiger partial charge in [0.2, 0.25) is 0 Å². The maximum Gasteiger partial charge on any atom is 0.407 e. The Morgan fingerprint density at radius 3 is 2.57 bits per heavy atom. The van der Waals surface area contributed by atoms with Crippen LogP contribution in [0.3, 0.4) is 0 Å². The summed E-state index contributed by atoms with van der Waals surface area (Å²) in [6.45, 7) is 5.71. The predicted octanol–water partition coefficient (Wildman–Crippen LogP) is 2.65. The van der Waals surface area contributed by atoms with Crippen molar-refractivity contribution in [3.8, 4) is 11.8 Å². The normalized spacial score (nSPS) is 10.2. The number of benzene rings is 1. The van der Waals surface area contributed by atoms with Gasteiger partial charge >= 0.3 is 12.1 Å². The van der Waals surface area contributed by atoms with E-state index in [0.29, 0.717) is 18.5 Å². The van der Waals surface area contributed by atoms with Crippen LogP contribution < -0.4 is 5.32 Å². The average Bonchev–Trinajstić information content (AvgIpc) is 2.36. The molecule has 5 nitrogen and oxygen atoms in total. The number of nitrogens with one attached hydrogen (secondary N) is 1. The van der Waals surface area contributed by atoms with Gasteiger partial charge in [0.15, 0.2) is 0 Å². The molecule has 0 bridgehead atoms. The van der Waals surface area contributed by atoms with Crippen LogP contribution in [0.5, 0.6) is 0 Å². The van der Waals surface area contributed by atoms with Crippen LogP contribution in [0.4, 0.5) is 4.79 Å². The van der Waals surface area contributed by atoms with Crippen LogP contribution in [0.25, 0.3) is 0 Å². The number of hydrogen-bond acceptors (Lipinski definition) is 3. The molecule has 2 N–H and O–H groups in total. The van der Waals surface area contributed by atoms with Gasteiger partial charge in [-0.3, -0.25) is 0 Å². The Labute approximate surface area is 124 Å². The molecule has 0 saturated carbocycles. The first-order chi connectivity index (χ1) is 9.79. The fourth-order valence-corrected chi connectivity index (χ4v) is 1.48. The van der Waals surface area contributed by atoms with Crippen molar-refractivity contribution in [2.45, 2.75) is 32.8 Å². The van der Waals surface area contributed by atoms with E-state index in [2.05, 4.69) is 17.2 Å². The van der Waals surface area contributed by atoms with E-state index in [9.17, 15) is 9.59 Å². The van der Waals surface area contributed by atoms with Gasteiger partial charge in [0.25, 0.3) is 0 Å². The number of carboxylic acid groups (broad SMARTS) is 1. The second kappa shape index (κ2) is 7.34. The van der Waals surface area contributed by atoms with E-state index in [1.54, 1.807) is 39.0 Å². The Morgan fingerprint density at radius 2 is 1.95 bits per heavy atom. The third-order valence-electron chi connectivity index (χ3n) is 2.30. The molecule has 1 aromatic carbocycles. The van der Waals surface area contributed by atoms with Crippen molar-refractivity contribution < 1.29 is 19.4 Å². The van der Waals surface area contributed by atoms with Crippen LogP contribution in [-0.4, -0.2) is 29.3 Å². The maximum absolute atomic E-state index is 11.4. The van der Waals surface area contributed by atoms with Crippen molar-refractivity contribution in [2.24, 2.45) is 0 Å². The van der Waals surface area contributed by atoms with Gasteiger partial charge in [0.05, 0.1) is 5.56 Å². The van der Waals surface area contributed by atoms with Crippen molar-refractivity contribution in [1.82, 2.24) is 5.32 Å². The number of carbonyl (C=O) groups excluding carboxylic acids is 1. The van der Waals surface area contributed by atoms with E-state index in [4.69, 9.17) is 9.84 Å². The second-order valence-electron chi connectivity index (χ2n) is 5.33. The number of ether oxygens (including phenoxy) is 1. The summed E-state index contributed by atoms with van der Waals surface area (Å²) in [6.07, 6.45) is -0.0806.